The van der Waals surface area contributed by atoms with E-state index < -0.39 is 13.7 Å². The van der Waals surface area contributed by atoms with Crippen molar-refractivity contribution in [3.63, 3.8) is 0 Å². The second-order valence-corrected chi connectivity index (χ2v) is 13.1. The zero-order valence-electron chi connectivity index (χ0n) is 14.1. The third-order valence-electron chi connectivity index (χ3n) is 4.67. The molecule has 0 aromatic heterocycles. The van der Waals surface area contributed by atoms with Gasteiger partial charge >= 0.3 is 0 Å². The molecule has 0 aliphatic heterocycles. The van der Waals surface area contributed by atoms with E-state index in [9.17, 15) is 5.11 Å². The molecule has 2 nitrogen and oxygen atoms in total. The van der Waals surface area contributed by atoms with Crippen LogP contribution in [-0.2, 0) is 6.54 Å². The molecule has 21 heavy (non-hydrogen) atoms. The van der Waals surface area contributed by atoms with Crippen molar-refractivity contribution in [2.75, 3.05) is 6.54 Å². The highest BCUT2D eigenvalue weighted by molar-refractivity contribution is 6.88. The average molecular weight is 306 g/mol. The van der Waals surface area contributed by atoms with Crippen LogP contribution in [-0.4, -0.2) is 25.3 Å². The van der Waals surface area contributed by atoms with Crippen molar-refractivity contribution in [3.8, 4) is 0 Å². The first-order valence-electron chi connectivity index (χ1n) is 8.31. The Balaban J connectivity index is 1.83. The van der Waals surface area contributed by atoms with Crippen molar-refractivity contribution in [3.05, 3.63) is 29.8 Å². The SMILES string of the molecule is CC1CCCC(O)(CNCc2ccc([Si](C)(C)C)cc2)C1. The van der Waals surface area contributed by atoms with E-state index in [1.54, 1.807) is 0 Å². The topological polar surface area (TPSA) is 32.3 Å². The molecule has 0 spiro atoms. The monoisotopic (exact) mass is 305 g/mol. The van der Waals surface area contributed by atoms with Crippen LogP contribution in [0.5, 0.6) is 0 Å². The van der Waals surface area contributed by atoms with E-state index >= 15 is 0 Å². The molecule has 1 saturated carbocycles. The van der Waals surface area contributed by atoms with Crippen LogP contribution in [0.1, 0.15) is 38.2 Å². The summed E-state index contributed by atoms with van der Waals surface area (Å²) in [5, 5.41) is 15.6. The van der Waals surface area contributed by atoms with Crippen LogP contribution in [0.15, 0.2) is 24.3 Å². The van der Waals surface area contributed by atoms with Crippen molar-refractivity contribution < 1.29 is 5.11 Å². The first kappa shape index (κ1) is 16.7. The minimum atomic E-state index is -1.19. The Bertz CT molecular complexity index is 451. The number of hydrogen-bond acceptors (Lipinski definition) is 2. The smallest absolute Gasteiger partial charge is 0.0775 e. The molecular formula is C18H31NOSi. The Morgan fingerprint density at radius 2 is 1.90 bits per heavy atom. The van der Waals surface area contributed by atoms with E-state index in [0.717, 1.165) is 25.8 Å². The highest BCUT2D eigenvalue weighted by atomic mass is 28.3. The van der Waals surface area contributed by atoms with Crippen LogP contribution in [0.4, 0.5) is 0 Å². The Morgan fingerprint density at radius 3 is 2.48 bits per heavy atom. The molecule has 2 atom stereocenters. The molecule has 2 rings (SSSR count). The molecule has 118 valence electrons. The maximum Gasteiger partial charge on any atom is 0.0775 e. The standard InChI is InChI=1S/C18H31NOSi/c1-15-6-5-11-18(20,12-15)14-19-13-16-7-9-17(10-8-16)21(2,3)4/h7-10,15,19-20H,5-6,11-14H2,1-4H3. The van der Waals surface area contributed by atoms with Crippen molar-refractivity contribution in [1.29, 1.82) is 0 Å². The summed E-state index contributed by atoms with van der Waals surface area (Å²) in [6.45, 7) is 10.9. The predicted molar refractivity (Wildman–Crippen MR) is 93.7 cm³/mol. The summed E-state index contributed by atoms with van der Waals surface area (Å²) in [6, 6.07) is 9.02. The van der Waals surface area contributed by atoms with Crippen LogP contribution >= 0.6 is 0 Å². The van der Waals surface area contributed by atoms with E-state index in [2.05, 4.69) is 56.1 Å². The van der Waals surface area contributed by atoms with E-state index in [-0.39, 0.29) is 0 Å². The first-order chi connectivity index (χ1) is 9.78. The van der Waals surface area contributed by atoms with Gasteiger partial charge in [0.25, 0.3) is 0 Å². The van der Waals surface area contributed by atoms with Crippen LogP contribution < -0.4 is 10.5 Å². The molecule has 1 aromatic carbocycles. The second kappa shape index (κ2) is 6.63. The number of rotatable bonds is 5. The average Bonchev–Trinajstić information content (AvgIpc) is 2.37. The summed E-state index contributed by atoms with van der Waals surface area (Å²) in [5.41, 5.74) is 0.820. The molecule has 0 saturated heterocycles. The Labute approximate surface area is 131 Å². The van der Waals surface area contributed by atoms with Crippen molar-refractivity contribution >= 4 is 13.3 Å². The van der Waals surface area contributed by atoms with Crippen molar-refractivity contribution in [2.24, 2.45) is 5.92 Å². The molecule has 2 unspecified atom stereocenters. The fourth-order valence-corrected chi connectivity index (χ4v) is 4.52. The fraction of sp³-hybridized carbons (Fsp3) is 0.667. The van der Waals surface area contributed by atoms with Gasteiger partial charge in [0.1, 0.15) is 0 Å². The summed E-state index contributed by atoms with van der Waals surface area (Å²) < 4.78 is 0. The van der Waals surface area contributed by atoms with Gasteiger partial charge in [-0.2, -0.15) is 0 Å². The molecule has 1 fully saturated rings. The summed E-state index contributed by atoms with van der Waals surface area (Å²) in [4.78, 5) is 0. The van der Waals surface area contributed by atoms with Crippen LogP contribution in [0.2, 0.25) is 19.6 Å². The molecule has 1 aromatic rings. The summed E-state index contributed by atoms with van der Waals surface area (Å²) >= 11 is 0. The summed E-state index contributed by atoms with van der Waals surface area (Å²) in [6.07, 6.45) is 4.30. The molecule has 0 bridgehead atoms. The van der Waals surface area contributed by atoms with E-state index in [1.807, 2.05) is 0 Å². The van der Waals surface area contributed by atoms with Gasteiger partial charge in [0.15, 0.2) is 0 Å². The van der Waals surface area contributed by atoms with Crippen molar-refractivity contribution in [1.82, 2.24) is 5.32 Å². The minimum Gasteiger partial charge on any atom is -0.389 e. The quantitative estimate of drug-likeness (QED) is 0.818. The number of nitrogens with one attached hydrogen (secondary N) is 1. The number of hydrogen-bond donors (Lipinski definition) is 2. The zero-order chi connectivity index (χ0) is 15.5. The maximum absolute atomic E-state index is 10.6. The lowest BCUT2D eigenvalue weighted by atomic mass is 9.79. The van der Waals surface area contributed by atoms with Crippen LogP contribution in [0.3, 0.4) is 0 Å². The largest absolute Gasteiger partial charge is 0.389 e. The Morgan fingerprint density at radius 1 is 1.24 bits per heavy atom. The van der Waals surface area contributed by atoms with Gasteiger partial charge in [-0.1, -0.05) is 68.9 Å². The molecule has 2 N–H and O–H groups in total. The van der Waals surface area contributed by atoms with Gasteiger partial charge in [-0.15, -0.1) is 0 Å². The molecule has 0 amide bonds. The second-order valence-electron chi connectivity index (χ2n) is 7.98. The van der Waals surface area contributed by atoms with Gasteiger partial charge in [0.2, 0.25) is 0 Å². The molecular weight excluding hydrogens is 274 g/mol. The van der Waals surface area contributed by atoms with Gasteiger partial charge in [-0.05, 0) is 24.3 Å². The fourth-order valence-electron chi connectivity index (χ4n) is 3.36. The van der Waals surface area contributed by atoms with E-state index in [0.29, 0.717) is 12.5 Å². The van der Waals surface area contributed by atoms with Gasteiger partial charge in [-0.25, -0.2) is 0 Å². The first-order valence-corrected chi connectivity index (χ1v) is 11.8. The van der Waals surface area contributed by atoms with E-state index in [4.69, 9.17) is 0 Å². The highest BCUT2D eigenvalue weighted by Gasteiger charge is 2.31. The van der Waals surface area contributed by atoms with Gasteiger partial charge < -0.3 is 10.4 Å². The molecule has 1 aliphatic carbocycles. The van der Waals surface area contributed by atoms with Crippen LogP contribution in [0.25, 0.3) is 0 Å². The molecule has 0 radical (unpaired) electrons. The van der Waals surface area contributed by atoms with Gasteiger partial charge in [0, 0.05) is 13.1 Å². The van der Waals surface area contributed by atoms with Crippen molar-refractivity contribution in [2.45, 2.75) is 64.4 Å². The van der Waals surface area contributed by atoms with Gasteiger partial charge in [0.05, 0.1) is 13.7 Å². The highest BCUT2D eigenvalue weighted by Crippen LogP contribution is 2.31. The minimum absolute atomic E-state index is 0.490. The molecule has 0 heterocycles. The molecule has 1 aliphatic rings. The summed E-state index contributed by atoms with van der Waals surface area (Å²) in [5.74, 6) is 0.654. The Kier molecular flexibility index (Phi) is 5.28. The molecule has 3 heteroatoms. The predicted octanol–water partition coefficient (Wildman–Crippen LogP) is 3.26. The number of aliphatic hydroxyl groups is 1. The lowest BCUT2D eigenvalue weighted by Gasteiger charge is -2.35. The third-order valence-corrected chi connectivity index (χ3v) is 6.74. The van der Waals surface area contributed by atoms with Gasteiger partial charge in [-0.3, -0.25) is 0 Å². The third kappa shape index (κ3) is 4.94. The van der Waals surface area contributed by atoms with E-state index in [1.165, 1.54) is 17.2 Å². The zero-order valence-corrected chi connectivity index (χ0v) is 15.1. The number of benzene rings is 1. The Hall–Kier alpha value is -0.643. The lowest BCUT2D eigenvalue weighted by molar-refractivity contribution is -0.0119. The lowest BCUT2D eigenvalue weighted by Crippen LogP contribution is -2.43. The summed E-state index contributed by atoms with van der Waals surface area (Å²) in [7, 11) is -1.19. The normalized spacial score (nSPS) is 26.8. The maximum atomic E-state index is 10.6. The van der Waals surface area contributed by atoms with Crippen LogP contribution in [0, 0.1) is 5.92 Å².